The molecule has 0 unspecified atom stereocenters. The van der Waals surface area contributed by atoms with Crippen molar-refractivity contribution in [2.75, 3.05) is 16.8 Å². The van der Waals surface area contributed by atoms with Gasteiger partial charge in [-0.2, -0.15) is 0 Å². The van der Waals surface area contributed by atoms with Crippen molar-refractivity contribution in [1.82, 2.24) is 4.90 Å². The molecule has 166 valence electrons. The van der Waals surface area contributed by atoms with Crippen LogP contribution >= 0.6 is 0 Å². The number of amides is 3. The maximum atomic E-state index is 13.4. The van der Waals surface area contributed by atoms with Crippen LogP contribution in [0.5, 0.6) is 0 Å². The summed E-state index contributed by atoms with van der Waals surface area (Å²) in [5, 5.41) is 3.59. The van der Waals surface area contributed by atoms with Crippen molar-refractivity contribution in [2.24, 2.45) is 11.8 Å². The van der Waals surface area contributed by atoms with Crippen LogP contribution in [0.1, 0.15) is 50.6 Å². The van der Waals surface area contributed by atoms with Crippen LogP contribution < -0.4 is 10.2 Å². The third kappa shape index (κ3) is 3.57. The van der Waals surface area contributed by atoms with Crippen molar-refractivity contribution in [3.63, 3.8) is 0 Å². The lowest BCUT2D eigenvalue weighted by molar-refractivity contribution is -0.143. The average Bonchev–Trinajstić information content (AvgIpc) is 3.05. The molecule has 0 aromatic heterocycles. The standard InChI is InChI=1S/C26H29N3O3/c1-17-15-22(27-18-9-3-2-4-10-18)21-13-7-8-14-23(21)29(17)24(30)16-28-25(31)19-11-5-6-12-20(19)26(28)32/h2-4,7-10,13-14,17,19-20,22,27H,5-6,11-12,15-16H2,1H3/t17-,19-,20+,22-/m1/s1. The lowest BCUT2D eigenvalue weighted by atomic mass is 9.81. The van der Waals surface area contributed by atoms with Crippen LogP contribution in [-0.4, -0.2) is 35.2 Å². The maximum Gasteiger partial charge on any atom is 0.247 e. The SMILES string of the molecule is C[C@@H]1C[C@@H](Nc2ccccc2)c2ccccc2N1C(=O)CN1C(=O)[C@H]2CCCC[C@H]2C1=O. The Morgan fingerprint density at radius 3 is 2.25 bits per heavy atom. The number of anilines is 2. The highest BCUT2D eigenvalue weighted by Gasteiger charge is 2.49. The molecule has 4 atom stereocenters. The largest absolute Gasteiger partial charge is 0.378 e. The topological polar surface area (TPSA) is 69.7 Å². The van der Waals surface area contributed by atoms with Crippen LogP contribution in [0.25, 0.3) is 0 Å². The van der Waals surface area contributed by atoms with Gasteiger partial charge in [0.2, 0.25) is 17.7 Å². The summed E-state index contributed by atoms with van der Waals surface area (Å²) in [5.41, 5.74) is 2.94. The lowest BCUT2D eigenvalue weighted by Crippen LogP contribution is -2.49. The number of benzene rings is 2. The van der Waals surface area contributed by atoms with E-state index in [1.165, 1.54) is 4.90 Å². The minimum Gasteiger partial charge on any atom is -0.378 e. The molecule has 32 heavy (non-hydrogen) atoms. The van der Waals surface area contributed by atoms with Gasteiger partial charge in [0, 0.05) is 17.4 Å². The molecule has 6 nitrogen and oxygen atoms in total. The maximum absolute atomic E-state index is 13.4. The van der Waals surface area contributed by atoms with Crippen molar-refractivity contribution in [1.29, 1.82) is 0 Å². The number of hydrogen-bond acceptors (Lipinski definition) is 4. The van der Waals surface area contributed by atoms with Gasteiger partial charge in [0.25, 0.3) is 0 Å². The minimum atomic E-state index is -0.227. The lowest BCUT2D eigenvalue weighted by Gasteiger charge is -2.40. The molecule has 1 saturated carbocycles. The number of hydrogen-bond donors (Lipinski definition) is 1. The van der Waals surface area contributed by atoms with Gasteiger partial charge in [0.1, 0.15) is 6.54 Å². The summed E-state index contributed by atoms with van der Waals surface area (Å²) in [6.45, 7) is 1.86. The Balaban J connectivity index is 1.38. The van der Waals surface area contributed by atoms with Gasteiger partial charge in [-0.05, 0) is 49.9 Å². The Bertz CT molecular complexity index is 1010. The first kappa shape index (κ1) is 20.7. The second-order valence-corrected chi connectivity index (χ2v) is 9.23. The van der Waals surface area contributed by atoms with Crippen LogP contribution in [0.4, 0.5) is 11.4 Å². The molecule has 0 bridgehead atoms. The first-order valence-corrected chi connectivity index (χ1v) is 11.6. The number of nitrogens with zero attached hydrogens (tertiary/aromatic N) is 2. The zero-order valence-corrected chi connectivity index (χ0v) is 18.4. The van der Waals surface area contributed by atoms with Crippen LogP contribution in [0.15, 0.2) is 54.6 Å². The number of imide groups is 1. The fourth-order valence-electron chi connectivity index (χ4n) is 5.66. The third-order valence-electron chi connectivity index (χ3n) is 7.20. The summed E-state index contributed by atoms with van der Waals surface area (Å²) in [7, 11) is 0. The van der Waals surface area contributed by atoms with E-state index in [0.29, 0.717) is 0 Å². The van der Waals surface area contributed by atoms with Crippen LogP contribution in [-0.2, 0) is 14.4 Å². The molecule has 1 saturated heterocycles. The van der Waals surface area contributed by atoms with Gasteiger partial charge in [0.05, 0.1) is 17.9 Å². The van der Waals surface area contributed by atoms with E-state index in [2.05, 4.69) is 5.32 Å². The highest BCUT2D eigenvalue weighted by Crippen LogP contribution is 2.40. The molecule has 2 aliphatic heterocycles. The molecule has 3 aliphatic rings. The fourth-order valence-corrected chi connectivity index (χ4v) is 5.66. The van der Waals surface area contributed by atoms with Crippen molar-refractivity contribution in [3.8, 4) is 0 Å². The van der Waals surface area contributed by atoms with E-state index in [9.17, 15) is 14.4 Å². The predicted molar refractivity (Wildman–Crippen MR) is 123 cm³/mol. The number of fused-ring (bicyclic) bond motifs is 2. The molecule has 1 N–H and O–H groups in total. The van der Waals surface area contributed by atoms with Crippen molar-refractivity contribution in [2.45, 2.75) is 51.1 Å². The van der Waals surface area contributed by atoms with E-state index in [1.54, 1.807) is 4.90 Å². The van der Waals surface area contributed by atoms with E-state index in [-0.39, 0.29) is 48.2 Å². The van der Waals surface area contributed by atoms with Gasteiger partial charge in [-0.1, -0.05) is 49.2 Å². The Labute approximate surface area is 188 Å². The molecule has 1 aliphatic carbocycles. The zero-order chi connectivity index (χ0) is 22.2. The van der Waals surface area contributed by atoms with E-state index in [4.69, 9.17) is 0 Å². The Morgan fingerprint density at radius 2 is 1.56 bits per heavy atom. The number of para-hydroxylation sites is 2. The fraction of sp³-hybridized carbons (Fsp3) is 0.423. The molecule has 0 spiro atoms. The molecule has 2 aromatic rings. The van der Waals surface area contributed by atoms with Crippen LogP contribution in [0.3, 0.4) is 0 Å². The van der Waals surface area contributed by atoms with Gasteiger partial charge in [-0.15, -0.1) is 0 Å². The summed E-state index contributed by atoms with van der Waals surface area (Å²) in [5.74, 6) is -0.961. The van der Waals surface area contributed by atoms with Crippen molar-refractivity contribution < 1.29 is 14.4 Å². The Morgan fingerprint density at radius 1 is 0.938 bits per heavy atom. The number of nitrogens with one attached hydrogen (secondary N) is 1. The predicted octanol–water partition coefficient (Wildman–Crippen LogP) is 4.14. The molecule has 6 heteroatoms. The number of rotatable bonds is 4. The summed E-state index contributed by atoms with van der Waals surface area (Å²) in [6.07, 6.45) is 4.22. The highest BCUT2D eigenvalue weighted by molar-refractivity contribution is 6.09. The number of carbonyl (C=O) groups excluding carboxylic acids is 3. The highest BCUT2D eigenvalue weighted by atomic mass is 16.2. The third-order valence-corrected chi connectivity index (χ3v) is 7.20. The molecule has 0 radical (unpaired) electrons. The molecular weight excluding hydrogens is 402 g/mol. The van der Waals surface area contributed by atoms with E-state index >= 15 is 0 Å². The average molecular weight is 432 g/mol. The van der Waals surface area contributed by atoms with E-state index in [1.807, 2.05) is 61.5 Å². The summed E-state index contributed by atoms with van der Waals surface area (Å²) in [4.78, 5) is 42.2. The monoisotopic (exact) mass is 431 g/mol. The van der Waals surface area contributed by atoms with E-state index < -0.39 is 0 Å². The molecule has 2 aromatic carbocycles. The Kier molecular flexibility index (Phi) is 5.45. The van der Waals surface area contributed by atoms with Crippen LogP contribution in [0, 0.1) is 11.8 Å². The second kappa shape index (κ2) is 8.41. The molecule has 5 rings (SSSR count). The molecule has 2 fully saturated rings. The van der Waals surface area contributed by atoms with E-state index in [0.717, 1.165) is 49.0 Å². The first-order valence-electron chi connectivity index (χ1n) is 11.6. The zero-order valence-electron chi connectivity index (χ0n) is 18.4. The molecule has 2 heterocycles. The van der Waals surface area contributed by atoms with Gasteiger partial charge in [-0.25, -0.2) is 0 Å². The molecule has 3 amide bonds. The first-order chi connectivity index (χ1) is 15.5. The summed E-state index contributed by atoms with van der Waals surface area (Å²) < 4.78 is 0. The van der Waals surface area contributed by atoms with Gasteiger partial charge >= 0.3 is 0 Å². The number of likely N-dealkylation sites (tertiary alicyclic amines) is 1. The summed E-state index contributed by atoms with van der Waals surface area (Å²) in [6, 6.07) is 18.0. The van der Waals surface area contributed by atoms with Crippen molar-refractivity contribution in [3.05, 3.63) is 60.2 Å². The molecular formula is C26H29N3O3. The van der Waals surface area contributed by atoms with Gasteiger partial charge in [-0.3, -0.25) is 19.3 Å². The second-order valence-electron chi connectivity index (χ2n) is 9.23. The number of carbonyl (C=O) groups is 3. The quantitative estimate of drug-likeness (QED) is 0.739. The van der Waals surface area contributed by atoms with Gasteiger partial charge < -0.3 is 10.2 Å². The van der Waals surface area contributed by atoms with Gasteiger partial charge in [0.15, 0.2) is 0 Å². The normalized spacial score (nSPS) is 27.2. The van der Waals surface area contributed by atoms with Crippen LogP contribution in [0.2, 0.25) is 0 Å². The Hall–Kier alpha value is -3.15. The summed E-state index contributed by atoms with van der Waals surface area (Å²) >= 11 is 0. The van der Waals surface area contributed by atoms with Crippen molar-refractivity contribution >= 4 is 29.1 Å². The smallest absolute Gasteiger partial charge is 0.247 e. The minimum absolute atomic E-state index is 0.0614.